The van der Waals surface area contributed by atoms with Crippen LogP contribution in [0.5, 0.6) is 0 Å². The first-order valence-corrected chi connectivity index (χ1v) is 6.85. The fourth-order valence-corrected chi connectivity index (χ4v) is 4.29. The number of anilines is 1. The Labute approximate surface area is 98.6 Å². The van der Waals surface area contributed by atoms with Crippen LogP contribution < -0.4 is 9.36 Å². The molecule has 0 radical (unpaired) electrons. The van der Waals surface area contributed by atoms with Crippen molar-refractivity contribution in [3.8, 4) is 0 Å². The van der Waals surface area contributed by atoms with Crippen LogP contribution in [0.4, 0.5) is 5.69 Å². The van der Waals surface area contributed by atoms with E-state index in [0.29, 0.717) is 21.2 Å². The summed E-state index contributed by atoms with van der Waals surface area (Å²) in [5.74, 6) is 0. The van der Waals surface area contributed by atoms with Gasteiger partial charge in [0.2, 0.25) is 0 Å². The van der Waals surface area contributed by atoms with Crippen molar-refractivity contribution in [1.29, 1.82) is 0 Å². The Morgan fingerprint density at radius 2 is 2.00 bits per heavy atom. The third kappa shape index (κ3) is 1.80. The van der Waals surface area contributed by atoms with Gasteiger partial charge in [0.25, 0.3) is 0 Å². The fraction of sp³-hybridized carbons (Fsp3) is 0.500. The summed E-state index contributed by atoms with van der Waals surface area (Å²) in [6, 6.07) is 5.32. The van der Waals surface area contributed by atoms with E-state index in [4.69, 9.17) is 0 Å². The molecule has 0 amide bonds. The number of rotatable bonds is 1. The molecule has 1 atom stereocenters. The molecule has 82 valence electrons. The summed E-state index contributed by atoms with van der Waals surface area (Å²) in [4.78, 5) is 2.20. The summed E-state index contributed by atoms with van der Waals surface area (Å²) in [7, 11) is 6.45. The molecule has 0 spiro atoms. The first-order valence-electron chi connectivity index (χ1n) is 5.23. The van der Waals surface area contributed by atoms with Gasteiger partial charge in [-0.3, -0.25) is 0 Å². The molecular formula is C12H18N2Se. The molecule has 0 aliphatic carbocycles. The van der Waals surface area contributed by atoms with Crippen LogP contribution in [0.25, 0.3) is 0 Å². The minimum absolute atomic E-state index is 0.507. The first-order chi connectivity index (χ1) is 7.00. The van der Waals surface area contributed by atoms with Crippen LogP contribution in [0.15, 0.2) is 12.1 Å². The van der Waals surface area contributed by atoms with Crippen LogP contribution in [0, 0.1) is 6.92 Å². The molecule has 3 heteroatoms. The first kappa shape index (κ1) is 11.0. The summed E-state index contributed by atoms with van der Waals surface area (Å²) in [5.41, 5.74) is 4.27. The molecule has 2 nitrogen and oxygen atoms in total. The second-order valence-electron chi connectivity index (χ2n) is 4.38. The quantitative estimate of drug-likeness (QED) is 0.709. The third-order valence-electron chi connectivity index (χ3n) is 3.05. The Bertz CT molecular complexity index is 387. The molecule has 0 bridgehead atoms. The van der Waals surface area contributed by atoms with E-state index >= 15 is 0 Å². The van der Waals surface area contributed by atoms with E-state index < -0.39 is 0 Å². The van der Waals surface area contributed by atoms with Gasteiger partial charge in [-0.05, 0) is 0 Å². The van der Waals surface area contributed by atoms with Gasteiger partial charge in [-0.15, -0.1) is 0 Å². The average molecular weight is 269 g/mol. The number of benzene rings is 1. The van der Waals surface area contributed by atoms with Crippen LogP contribution >= 0.6 is 0 Å². The number of nitrogens with zero attached hydrogens (tertiary/aromatic N) is 2. The minimum atomic E-state index is 0.507. The van der Waals surface area contributed by atoms with E-state index in [0.717, 1.165) is 0 Å². The van der Waals surface area contributed by atoms with Crippen molar-refractivity contribution in [2.24, 2.45) is 0 Å². The second kappa shape index (κ2) is 3.82. The monoisotopic (exact) mass is 270 g/mol. The van der Waals surface area contributed by atoms with Gasteiger partial charge in [-0.25, -0.2) is 0 Å². The zero-order valence-electron chi connectivity index (χ0n) is 10.0. The van der Waals surface area contributed by atoms with Crippen molar-refractivity contribution in [2.45, 2.75) is 19.9 Å². The molecule has 1 unspecified atom stereocenters. The number of fused-ring (bicyclic) bond motifs is 1. The molecule has 1 aliphatic heterocycles. The second-order valence-corrected chi connectivity index (χ2v) is 6.90. The van der Waals surface area contributed by atoms with Crippen molar-refractivity contribution in [2.75, 3.05) is 26.0 Å². The van der Waals surface area contributed by atoms with E-state index in [1.54, 1.807) is 4.46 Å². The Balaban J connectivity index is 2.49. The number of hydrogen-bond acceptors (Lipinski definition) is 2. The predicted molar refractivity (Wildman–Crippen MR) is 67.1 cm³/mol. The van der Waals surface area contributed by atoms with Gasteiger partial charge in [0.1, 0.15) is 0 Å². The summed E-state index contributed by atoms with van der Waals surface area (Å²) < 4.78 is 4.00. The molecule has 1 aromatic carbocycles. The topological polar surface area (TPSA) is 6.48 Å². The van der Waals surface area contributed by atoms with Crippen molar-refractivity contribution in [3.05, 3.63) is 23.3 Å². The molecule has 2 rings (SSSR count). The van der Waals surface area contributed by atoms with Crippen molar-refractivity contribution in [3.63, 3.8) is 0 Å². The number of aryl methyl sites for hydroxylation is 1. The van der Waals surface area contributed by atoms with Crippen LogP contribution in [0.1, 0.15) is 24.1 Å². The molecule has 1 aliphatic rings. The van der Waals surface area contributed by atoms with Gasteiger partial charge in [0, 0.05) is 0 Å². The third-order valence-corrected chi connectivity index (χ3v) is 5.47. The molecule has 0 saturated heterocycles. The van der Waals surface area contributed by atoms with Gasteiger partial charge in [-0.2, -0.15) is 0 Å². The summed E-state index contributed by atoms with van der Waals surface area (Å²) in [6.45, 7) is 4.50. The molecule has 0 aromatic heterocycles. The van der Waals surface area contributed by atoms with Crippen LogP contribution in [0.3, 0.4) is 0 Å². The Morgan fingerprint density at radius 1 is 1.33 bits per heavy atom. The van der Waals surface area contributed by atoms with E-state index in [9.17, 15) is 0 Å². The van der Waals surface area contributed by atoms with E-state index in [1.165, 1.54) is 16.8 Å². The molecule has 15 heavy (non-hydrogen) atoms. The van der Waals surface area contributed by atoms with E-state index in [1.807, 2.05) is 0 Å². The Kier molecular flexibility index (Phi) is 2.80. The molecule has 0 fully saturated rings. The number of hydrogen-bond donors (Lipinski definition) is 0. The van der Waals surface area contributed by atoms with E-state index in [-0.39, 0.29) is 0 Å². The van der Waals surface area contributed by atoms with Gasteiger partial charge < -0.3 is 0 Å². The Hall–Kier alpha value is -0.501. The normalized spacial score (nSPS) is 20.5. The van der Waals surface area contributed by atoms with Crippen LogP contribution in [-0.4, -0.2) is 40.2 Å². The summed E-state index contributed by atoms with van der Waals surface area (Å²) >= 11 is 0.507. The van der Waals surface area contributed by atoms with Gasteiger partial charge in [-0.1, -0.05) is 0 Å². The van der Waals surface area contributed by atoms with Gasteiger partial charge in [0.15, 0.2) is 0 Å². The zero-order valence-corrected chi connectivity index (χ0v) is 11.7. The molecule has 0 saturated carbocycles. The zero-order chi connectivity index (χ0) is 11.2. The van der Waals surface area contributed by atoms with Crippen LogP contribution in [-0.2, 0) is 0 Å². The molecule has 0 N–H and O–H groups in total. The van der Waals surface area contributed by atoms with Crippen molar-refractivity contribution < 1.29 is 0 Å². The van der Waals surface area contributed by atoms with Crippen molar-refractivity contribution >= 4 is 25.3 Å². The molecule has 1 heterocycles. The SMILES string of the molecule is Cc1cc2c(cc1N(C)C)[Se]N(C)C2C. The van der Waals surface area contributed by atoms with E-state index in [2.05, 4.69) is 55.9 Å². The van der Waals surface area contributed by atoms with Gasteiger partial charge >= 0.3 is 98.4 Å². The molecular weight excluding hydrogens is 251 g/mol. The summed E-state index contributed by atoms with van der Waals surface area (Å²) in [6.07, 6.45) is 0. The standard InChI is InChI=1S/C12H18N2Se/c1-8-6-10-9(2)14(5)15-12(10)7-11(8)13(3)4/h6-7,9H,1-5H3. The average Bonchev–Trinajstić information content (AvgIpc) is 2.43. The Morgan fingerprint density at radius 3 is 2.60 bits per heavy atom. The maximum atomic E-state index is 2.45. The molecule has 1 aromatic rings. The summed E-state index contributed by atoms with van der Waals surface area (Å²) in [5, 5.41) is 0. The predicted octanol–water partition coefficient (Wildman–Crippen LogP) is 1.31. The maximum absolute atomic E-state index is 2.45. The van der Waals surface area contributed by atoms with Crippen molar-refractivity contribution in [1.82, 2.24) is 3.92 Å². The van der Waals surface area contributed by atoms with Crippen LogP contribution in [0.2, 0.25) is 0 Å². The fourth-order valence-electron chi connectivity index (χ4n) is 2.02. The van der Waals surface area contributed by atoms with Gasteiger partial charge in [0.05, 0.1) is 0 Å².